The van der Waals surface area contributed by atoms with E-state index in [2.05, 4.69) is 15.9 Å². The van der Waals surface area contributed by atoms with Gasteiger partial charge in [-0.05, 0) is 35.8 Å². The quantitative estimate of drug-likeness (QED) is 0.908. The number of amides is 1. The van der Waals surface area contributed by atoms with Gasteiger partial charge in [0.25, 0.3) is 5.56 Å². The molecule has 0 aromatic carbocycles. The van der Waals surface area contributed by atoms with Crippen LogP contribution in [0.15, 0.2) is 21.5 Å². The molecule has 0 saturated heterocycles. The van der Waals surface area contributed by atoms with Crippen LogP contribution in [0.2, 0.25) is 0 Å². The van der Waals surface area contributed by atoms with E-state index < -0.39 is 0 Å². The summed E-state index contributed by atoms with van der Waals surface area (Å²) in [5.74, 6) is -0.125. The summed E-state index contributed by atoms with van der Waals surface area (Å²) in [6, 6.07) is 1.62. The van der Waals surface area contributed by atoms with E-state index in [1.54, 1.807) is 11.9 Å². The number of aromatic nitrogens is 1. The maximum Gasteiger partial charge on any atom is 0.265 e. The van der Waals surface area contributed by atoms with Gasteiger partial charge in [-0.1, -0.05) is 0 Å². The summed E-state index contributed by atoms with van der Waals surface area (Å²) >= 11 is 3.11. The van der Waals surface area contributed by atoms with Gasteiger partial charge >= 0.3 is 0 Å². The summed E-state index contributed by atoms with van der Waals surface area (Å²) in [6.45, 7) is 3.82. The molecule has 1 rings (SSSR count). The number of nitrogens with zero attached hydrogens (tertiary/aromatic N) is 2. The van der Waals surface area contributed by atoms with E-state index in [-0.39, 0.29) is 24.1 Å². The first-order valence-corrected chi connectivity index (χ1v) is 6.03. The Balaban J connectivity index is 2.97. The van der Waals surface area contributed by atoms with Crippen molar-refractivity contribution in [2.45, 2.75) is 26.4 Å². The second-order valence-electron chi connectivity index (χ2n) is 4.15. The van der Waals surface area contributed by atoms with E-state index >= 15 is 0 Å². The Morgan fingerprint density at radius 2 is 2.18 bits per heavy atom. The second kappa shape index (κ2) is 5.35. The van der Waals surface area contributed by atoms with Crippen LogP contribution < -0.4 is 11.3 Å². The molecule has 1 amide bonds. The average molecular weight is 302 g/mol. The topological polar surface area (TPSA) is 68.3 Å². The van der Waals surface area contributed by atoms with Crippen molar-refractivity contribution in [2.75, 3.05) is 12.8 Å². The number of carbonyl (C=O) groups excluding carboxylic acids is 1. The molecule has 0 aliphatic rings. The van der Waals surface area contributed by atoms with Crippen LogP contribution in [0.4, 0.5) is 5.69 Å². The van der Waals surface area contributed by atoms with E-state index in [4.69, 9.17) is 5.73 Å². The van der Waals surface area contributed by atoms with Crippen LogP contribution in [0.25, 0.3) is 0 Å². The van der Waals surface area contributed by atoms with Gasteiger partial charge in [0.2, 0.25) is 5.91 Å². The highest BCUT2D eigenvalue weighted by atomic mass is 79.9. The molecule has 6 heteroatoms. The lowest BCUT2D eigenvalue weighted by Crippen LogP contribution is -2.37. The van der Waals surface area contributed by atoms with E-state index in [0.29, 0.717) is 10.2 Å². The van der Waals surface area contributed by atoms with E-state index in [1.807, 2.05) is 13.8 Å². The maximum atomic E-state index is 11.8. The van der Waals surface area contributed by atoms with E-state index in [0.717, 1.165) is 0 Å². The first kappa shape index (κ1) is 13.8. The van der Waals surface area contributed by atoms with Gasteiger partial charge in [0.15, 0.2) is 0 Å². The molecule has 1 aromatic heterocycles. The fourth-order valence-electron chi connectivity index (χ4n) is 1.28. The minimum absolute atomic E-state index is 0.00282. The monoisotopic (exact) mass is 301 g/mol. The average Bonchev–Trinajstić information content (AvgIpc) is 2.23. The lowest BCUT2D eigenvalue weighted by atomic mass is 10.3. The van der Waals surface area contributed by atoms with Gasteiger partial charge in [-0.15, -0.1) is 0 Å². The van der Waals surface area contributed by atoms with Crippen molar-refractivity contribution >= 4 is 27.5 Å². The highest BCUT2D eigenvalue weighted by Gasteiger charge is 2.14. The van der Waals surface area contributed by atoms with Crippen molar-refractivity contribution in [1.29, 1.82) is 0 Å². The van der Waals surface area contributed by atoms with Crippen molar-refractivity contribution in [3.63, 3.8) is 0 Å². The largest absolute Gasteiger partial charge is 0.398 e. The fraction of sp³-hybridized carbons (Fsp3) is 0.455. The zero-order chi connectivity index (χ0) is 13.2. The maximum absolute atomic E-state index is 11.8. The van der Waals surface area contributed by atoms with Gasteiger partial charge in [0, 0.05) is 25.0 Å². The highest BCUT2D eigenvalue weighted by Crippen LogP contribution is 2.08. The molecular weight excluding hydrogens is 286 g/mol. The first-order chi connectivity index (χ1) is 7.82. The molecule has 0 bridgehead atoms. The summed E-state index contributed by atoms with van der Waals surface area (Å²) in [5, 5.41) is 0. The van der Waals surface area contributed by atoms with E-state index in [9.17, 15) is 9.59 Å². The van der Waals surface area contributed by atoms with Crippen LogP contribution in [0.5, 0.6) is 0 Å². The van der Waals surface area contributed by atoms with Crippen molar-refractivity contribution in [1.82, 2.24) is 9.47 Å². The number of hydrogen-bond acceptors (Lipinski definition) is 3. The van der Waals surface area contributed by atoms with Crippen molar-refractivity contribution in [3.05, 3.63) is 27.1 Å². The third-order valence-corrected chi connectivity index (χ3v) is 3.11. The van der Waals surface area contributed by atoms with Crippen molar-refractivity contribution in [3.8, 4) is 0 Å². The van der Waals surface area contributed by atoms with Crippen LogP contribution in [0, 0.1) is 0 Å². The molecule has 5 nitrogen and oxygen atoms in total. The normalized spacial score (nSPS) is 10.6. The van der Waals surface area contributed by atoms with Gasteiger partial charge in [0.05, 0.1) is 4.47 Å². The van der Waals surface area contributed by atoms with Crippen LogP contribution >= 0.6 is 15.9 Å². The Morgan fingerprint density at radius 3 is 2.71 bits per heavy atom. The summed E-state index contributed by atoms with van der Waals surface area (Å²) in [7, 11) is 1.71. The smallest absolute Gasteiger partial charge is 0.265 e. The lowest BCUT2D eigenvalue weighted by Gasteiger charge is -2.21. The van der Waals surface area contributed by atoms with Crippen LogP contribution in [0.3, 0.4) is 0 Å². The number of hydrogen-bond donors (Lipinski definition) is 1. The minimum Gasteiger partial charge on any atom is -0.398 e. The van der Waals surface area contributed by atoms with Gasteiger partial charge in [-0.3, -0.25) is 9.59 Å². The van der Waals surface area contributed by atoms with Crippen LogP contribution in [0.1, 0.15) is 13.8 Å². The molecule has 17 heavy (non-hydrogen) atoms. The third-order valence-electron chi connectivity index (χ3n) is 2.54. The van der Waals surface area contributed by atoms with E-state index in [1.165, 1.54) is 16.8 Å². The number of likely N-dealkylation sites (N-methyl/N-ethyl adjacent to an activating group) is 1. The van der Waals surface area contributed by atoms with Gasteiger partial charge in [-0.25, -0.2) is 0 Å². The molecule has 0 unspecified atom stereocenters. The first-order valence-electron chi connectivity index (χ1n) is 5.24. The molecule has 0 radical (unpaired) electrons. The lowest BCUT2D eigenvalue weighted by molar-refractivity contribution is -0.132. The molecular formula is C11H16BrN3O2. The summed E-state index contributed by atoms with van der Waals surface area (Å²) in [5.41, 5.74) is 5.81. The zero-order valence-electron chi connectivity index (χ0n) is 10.1. The molecule has 1 aromatic rings. The molecule has 0 aliphatic heterocycles. The molecule has 0 spiro atoms. The zero-order valence-corrected chi connectivity index (χ0v) is 11.7. The van der Waals surface area contributed by atoms with Gasteiger partial charge in [-0.2, -0.15) is 0 Å². The van der Waals surface area contributed by atoms with Crippen molar-refractivity contribution < 1.29 is 4.79 Å². The predicted octanol–water partition coefficient (Wildman–Crippen LogP) is 1.06. The second-order valence-corrected chi connectivity index (χ2v) is 5.01. The number of anilines is 1. The van der Waals surface area contributed by atoms with Crippen LogP contribution in [-0.4, -0.2) is 28.5 Å². The Hall–Kier alpha value is -1.30. The Labute approximate surface area is 108 Å². The van der Waals surface area contributed by atoms with Crippen LogP contribution in [-0.2, 0) is 11.3 Å². The molecule has 0 atom stereocenters. The number of rotatable bonds is 3. The number of pyridine rings is 1. The van der Waals surface area contributed by atoms with Crippen molar-refractivity contribution in [2.24, 2.45) is 0 Å². The number of nitrogen functional groups attached to an aromatic ring is 1. The molecule has 2 N–H and O–H groups in total. The summed E-state index contributed by atoms with van der Waals surface area (Å²) in [6.07, 6.45) is 1.47. The minimum atomic E-state index is -0.260. The molecule has 1 heterocycles. The summed E-state index contributed by atoms with van der Waals surface area (Å²) in [4.78, 5) is 25.2. The fourth-order valence-corrected chi connectivity index (χ4v) is 1.78. The number of nitrogens with two attached hydrogens (primary N) is 1. The standard InChI is InChI=1S/C11H16BrN3O2/c1-7(2)14(3)10(16)6-15-5-8(13)4-9(12)11(15)17/h4-5,7H,6,13H2,1-3H3. The number of carbonyl (C=O) groups is 1. The Morgan fingerprint density at radius 1 is 1.59 bits per heavy atom. The Bertz CT molecular complexity index is 482. The van der Waals surface area contributed by atoms with Gasteiger partial charge < -0.3 is 15.2 Å². The van der Waals surface area contributed by atoms with Gasteiger partial charge in [0.1, 0.15) is 6.54 Å². The molecule has 0 fully saturated rings. The number of halogens is 1. The Kier molecular flexibility index (Phi) is 4.34. The third kappa shape index (κ3) is 3.33. The SMILES string of the molecule is CC(C)N(C)C(=O)Cn1cc(N)cc(Br)c1=O. The highest BCUT2D eigenvalue weighted by molar-refractivity contribution is 9.10. The summed E-state index contributed by atoms with van der Waals surface area (Å²) < 4.78 is 1.66. The molecule has 0 aliphatic carbocycles. The molecule has 0 saturated carbocycles. The predicted molar refractivity (Wildman–Crippen MR) is 70.7 cm³/mol. The molecule has 94 valence electrons.